The van der Waals surface area contributed by atoms with Crippen molar-refractivity contribution in [2.75, 3.05) is 19.7 Å². The number of aliphatic hydroxyl groups is 1. The number of nitrogens with two attached hydrogens (primary N) is 1. The van der Waals surface area contributed by atoms with E-state index in [1.165, 1.54) is 0 Å². The fourth-order valence-corrected chi connectivity index (χ4v) is 2.13. The van der Waals surface area contributed by atoms with Gasteiger partial charge in [0.15, 0.2) is 4.67 Å². The zero-order chi connectivity index (χ0) is 12.7. The Bertz CT molecular complexity index is 312. The molecule has 0 amide bonds. The van der Waals surface area contributed by atoms with Gasteiger partial charge in [0.05, 0.1) is 10.5 Å². The third kappa shape index (κ3) is 5.09. The largest absolute Gasteiger partial charge is 0.451 e. The number of hydrogen-bond acceptors (Lipinski definition) is 4. The average Bonchev–Trinajstić information content (AvgIpc) is 2.64. The van der Waals surface area contributed by atoms with Gasteiger partial charge in [-0.2, -0.15) is 0 Å². The van der Waals surface area contributed by atoms with E-state index in [0.29, 0.717) is 11.2 Å². The fourth-order valence-electron chi connectivity index (χ4n) is 1.52. The summed E-state index contributed by atoms with van der Waals surface area (Å²) in [6.45, 7) is 1.63. The first-order valence-corrected chi connectivity index (χ1v) is 7.26. The quantitative estimate of drug-likeness (QED) is 0.616. The number of rotatable bonds is 8. The lowest BCUT2D eigenvalue weighted by Crippen LogP contribution is -2.28. The molecule has 1 aromatic rings. The summed E-state index contributed by atoms with van der Waals surface area (Å²) in [5, 5.41) is 12.0. The summed E-state index contributed by atoms with van der Waals surface area (Å²) < 4.78 is 7.12. The van der Waals surface area contributed by atoms with Gasteiger partial charge in [-0.3, -0.25) is 0 Å². The van der Waals surface area contributed by atoms with Crippen LogP contribution in [0.15, 0.2) is 19.6 Å². The first-order valence-electron chi connectivity index (χ1n) is 5.68. The zero-order valence-electron chi connectivity index (χ0n) is 9.59. The van der Waals surface area contributed by atoms with Gasteiger partial charge >= 0.3 is 0 Å². The fraction of sp³-hybridized carbons (Fsp3) is 0.636. The van der Waals surface area contributed by atoms with Crippen LogP contribution in [-0.2, 0) is 0 Å². The predicted octanol–water partition coefficient (Wildman–Crippen LogP) is 2.56. The highest BCUT2D eigenvalue weighted by atomic mass is 79.9. The van der Waals surface area contributed by atoms with Crippen molar-refractivity contribution >= 4 is 31.9 Å². The third-order valence-corrected chi connectivity index (χ3v) is 4.18. The molecule has 0 aliphatic carbocycles. The van der Waals surface area contributed by atoms with Gasteiger partial charge < -0.3 is 20.6 Å². The van der Waals surface area contributed by atoms with Crippen LogP contribution < -0.4 is 11.1 Å². The minimum Gasteiger partial charge on any atom is -0.451 e. The Balaban J connectivity index is 2.38. The van der Waals surface area contributed by atoms with E-state index in [-0.39, 0.29) is 12.6 Å². The summed E-state index contributed by atoms with van der Waals surface area (Å²) in [6, 6.07) is 1.95. The molecule has 0 aliphatic heterocycles. The van der Waals surface area contributed by atoms with E-state index in [1.54, 1.807) is 0 Å². The highest BCUT2D eigenvalue weighted by Crippen LogP contribution is 2.29. The van der Waals surface area contributed by atoms with Gasteiger partial charge in [0.2, 0.25) is 0 Å². The van der Waals surface area contributed by atoms with E-state index >= 15 is 0 Å². The first-order chi connectivity index (χ1) is 8.19. The first kappa shape index (κ1) is 15.2. The van der Waals surface area contributed by atoms with E-state index in [0.717, 1.165) is 36.0 Å². The second-order valence-corrected chi connectivity index (χ2v) is 5.37. The molecule has 0 saturated heterocycles. The van der Waals surface area contributed by atoms with Crippen LogP contribution in [0.4, 0.5) is 0 Å². The molecule has 1 rings (SSSR count). The number of furan rings is 1. The number of hydrogen-bond donors (Lipinski definition) is 3. The maximum Gasteiger partial charge on any atom is 0.183 e. The molecule has 0 bridgehead atoms. The molecule has 1 unspecified atom stereocenters. The van der Waals surface area contributed by atoms with Gasteiger partial charge in [-0.15, -0.1) is 0 Å². The molecule has 0 spiro atoms. The molecular weight excluding hydrogens is 352 g/mol. The molecule has 98 valence electrons. The van der Waals surface area contributed by atoms with Gasteiger partial charge in [0, 0.05) is 13.2 Å². The molecule has 4 nitrogen and oxygen atoms in total. The molecular formula is C11H18Br2N2O2. The van der Waals surface area contributed by atoms with Crippen LogP contribution in [0.25, 0.3) is 0 Å². The summed E-state index contributed by atoms with van der Waals surface area (Å²) >= 11 is 6.68. The lowest BCUT2D eigenvalue weighted by atomic mass is 10.2. The monoisotopic (exact) mass is 368 g/mol. The van der Waals surface area contributed by atoms with Crippen molar-refractivity contribution in [3.63, 3.8) is 0 Å². The summed E-state index contributed by atoms with van der Waals surface area (Å²) in [7, 11) is 0. The Morgan fingerprint density at radius 1 is 1.35 bits per heavy atom. The standard InChI is InChI=1S/C11H18Br2N2O2/c12-8-6-10(17-11(8)13)9(7-14)15-4-2-1-3-5-16/h6,9,15-16H,1-5,7,14H2. The van der Waals surface area contributed by atoms with Crippen molar-refractivity contribution < 1.29 is 9.52 Å². The molecule has 1 atom stereocenters. The molecule has 0 aromatic carbocycles. The van der Waals surface area contributed by atoms with Gasteiger partial charge in [0.25, 0.3) is 0 Å². The van der Waals surface area contributed by atoms with Crippen LogP contribution in [0.1, 0.15) is 31.1 Å². The van der Waals surface area contributed by atoms with Gasteiger partial charge in [-0.1, -0.05) is 0 Å². The maximum absolute atomic E-state index is 8.67. The molecule has 6 heteroatoms. The second kappa shape index (κ2) is 8.26. The lowest BCUT2D eigenvalue weighted by molar-refractivity contribution is 0.282. The molecule has 0 saturated carbocycles. The number of nitrogens with one attached hydrogen (secondary N) is 1. The van der Waals surface area contributed by atoms with E-state index in [2.05, 4.69) is 37.2 Å². The Kier molecular flexibility index (Phi) is 7.38. The van der Waals surface area contributed by atoms with Crippen LogP contribution in [0.5, 0.6) is 0 Å². The van der Waals surface area contributed by atoms with E-state index < -0.39 is 0 Å². The molecule has 1 aromatic heterocycles. The van der Waals surface area contributed by atoms with Gasteiger partial charge in [-0.05, 0) is 63.7 Å². The smallest absolute Gasteiger partial charge is 0.183 e. The van der Waals surface area contributed by atoms with Crippen LogP contribution in [0.3, 0.4) is 0 Å². The summed E-state index contributed by atoms with van der Waals surface area (Å²) in [5.74, 6) is 0.827. The lowest BCUT2D eigenvalue weighted by Gasteiger charge is -2.13. The van der Waals surface area contributed by atoms with Crippen LogP contribution >= 0.6 is 31.9 Å². The average molecular weight is 370 g/mol. The van der Waals surface area contributed by atoms with E-state index in [4.69, 9.17) is 15.3 Å². The highest BCUT2D eigenvalue weighted by molar-refractivity contribution is 9.13. The number of unbranched alkanes of at least 4 members (excludes halogenated alkanes) is 2. The molecule has 4 N–H and O–H groups in total. The van der Waals surface area contributed by atoms with E-state index in [9.17, 15) is 0 Å². The van der Waals surface area contributed by atoms with Gasteiger partial charge in [0.1, 0.15) is 5.76 Å². The summed E-state index contributed by atoms with van der Waals surface area (Å²) in [5.41, 5.74) is 5.71. The SMILES string of the molecule is NCC(NCCCCCO)c1cc(Br)c(Br)o1. The summed E-state index contributed by atoms with van der Waals surface area (Å²) in [6.07, 6.45) is 2.90. The number of aliphatic hydroxyl groups excluding tert-OH is 1. The molecule has 1 heterocycles. The minimum atomic E-state index is 0.0340. The van der Waals surface area contributed by atoms with Crippen molar-refractivity contribution in [2.24, 2.45) is 5.73 Å². The topological polar surface area (TPSA) is 71.4 Å². The van der Waals surface area contributed by atoms with Crippen molar-refractivity contribution in [3.8, 4) is 0 Å². The van der Waals surface area contributed by atoms with Crippen molar-refractivity contribution in [2.45, 2.75) is 25.3 Å². The Hall–Kier alpha value is 0.120. The molecule has 0 aliphatic rings. The maximum atomic E-state index is 8.67. The van der Waals surface area contributed by atoms with Crippen LogP contribution in [0, 0.1) is 0 Å². The normalized spacial score (nSPS) is 12.9. The highest BCUT2D eigenvalue weighted by Gasteiger charge is 2.15. The third-order valence-electron chi connectivity index (χ3n) is 2.47. The Morgan fingerprint density at radius 2 is 2.12 bits per heavy atom. The minimum absolute atomic E-state index is 0.0340. The Labute approximate surface area is 118 Å². The second-order valence-electron chi connectivity index (χ2n) is 3.80. The van der Waals surface area contributed by atoms with Crippen LogP contribution in [0.2, 0.25) is 0 Å². The Morgan fingerprint density at radius 3 is 2.65 bits per heavy atom. The predicted molar refractivity (Wildman–Crippen MR) is 74.8 cm³/mol. The molecule has 0 fully saturated rings. The van der Waals surface area contributed by atoms with Crippen molar-refractivity contribution in [1.29, 1.82) is 0 Å². The summed E-state index contributed by atoms with van der Waals surface area (Å²) in [4.78, 5) is 0. The number of halogens is 2. The molecule has 17 heavy (non-hydrogen) atoms. The zero-order valence-corrected chi connectivity index (χ0v) is 12.8. The van der Waals surface area contributed by atoms with Crippen LogP contribution in [-0.4, -0.2) is 24.8 Å². The van der Waals surface area contributed by atoms with Gasteiger partial charge in [-0.25, -0.2) is 0 Å². The van der Waals surface area contributed by atoms with E-state index in [1.807, 2.05) is 6.07 Å². The molecule has 0 radical (unpaired) electrons. The van der Waals surface area contributed by atoms with Crippen molar-refractivity contribution in [1.82, 2.24) is 5.32 Å². The van der Waals surface area contributed by atoms with Crippen molar-refractivity contribution in [3.05, 3.63) is 21.0 Å².